The van der Waals surface area contributed by atoms with E-state index in [-0.39, 0.29) is 31.0 Å². The number of hydrogen-bond acceptors (Lipinski definition) is 5. The predicted octanol–water partition coefficient (Wildman–Crippen LogP) is 2.28. The van der Waals surface area contributed by atoms with Gasteiger partial charge in [-0.1, -0.05) is 6.92 Å². The first-order valence-electron chi connectivity index (χ1n) is 6.76. The Kier molecular flexibility index (Phi) is 9.83. The number of rotatable bonds is 7. The fourth-order valence-electron chi connectivity index (χ4n) is 1.27. The average Bonchev–Trinajstić information content (AvgIpc) is 2.45. The average molecular weight is 312 g/mol. The maximum atomic E-state index is 11.2. The number of aromatic hydroxyl groups is 1. The number of ether oxygens (including phenoxy) is 1. The lowest BCUT2D eigenvalue weighted by atomic mass is 10.2. The number of phenols is 1. The Morgan fingerprint density at radius 1 is 1.00 bits per heavy atom. The molecule has 0 saturated heterocycles. The van der Waals surface area contributed by atoms with Crippen LogP contribution in [0.5, 0.6) is 5.75 Å². The number of esters is 1. The molecule has 1 aromatic carbocycles. The molecule has 3 N–H and O–H groups in total. The van der Waals surface area contributed by atoms with Gasteiger partial charge in [-0.2, -0.15) is 0 Å². The number of carboxylic acid groups (broad SMARTS) is 2. The third-order valence-corrected chi connectivity index (χ3v) is 2.32. The van der Waals surface area contributed by atoms with Gasteiger partial charge in [-0.05, 0) is 37.1 Å². The van der Waals surface area contributed by atoms with Crippen LogP contribution >= 0.6 is 0 Å². The Labute approximate surface area is 128 Å². The van der Waals surface area contributed by atoms with Gasteiger partial charge in [-0.3, -0.25) is 9.59 Å². The zero-order valence-electron chi connectivity index (χ0n) is 12.3. The van der Waals surface area contributed by atoms with Crippen LogP contribution in [-0.4, -0.2) is 39.8 Å². The van der Waals surface area contributed by atoms with Crippen molar-refractivity contribution in [3.05, 3.63) is 29.8 Å². The van der Waals surface area contributed by atoms with Gasteiger partial charge >= 0.3 is 17.9 Å². The van der Waals surface area contributed by atoms with E-state index in [9.17, 15) is 14.4 Å². The van der Waals surface area contributed by atoms with Gasteiger partial charge in [0.1, 0.15) is 5.75 Å². The monoisotopic (exact) mass is 312 g/mol. The minimum Gasteiger partial charge on any atom is -0.508 e. The van der Waals surface area contributed by atoms with E-state index in [1.54, 1.807) is 0 Å². The summed E-state index contributed by atoms with van der Waals surface area (Å²) in [6.07, 6.45) is 0.896. The van der Waals surface area contributed by atoms with Gasteiger partial charge in [-0.25, -0.2) is 4.79 Å². The van der Waals surface area contributed by atoms with E-state index in [2.05, 4.69) is 0 Å². The highest BCUT2D eigenvalue weighted by Gasteiger charge is 2.05. The van der Waals surface area contributed by atoms with Crippen LogP contribution in [0, 0.1) is 0 Å². The fraction of sp³-hybridized carbons (Fsp3) is 0.400. The highest BCUT2D eigenvalue weighted by atomic mass is 16.5. The second-order valence-electron chi connectivity index (χ2n) is 4.32. The zero-order valence-corrected chi connectivity index (χ0v) is 12.3. The van der Waals surface area contributed by atoms with Crippen LogP contribution in [0.3, 0.4) is 0 Å². The van der Waals surface area contributed by atoms with Crippen LogP contribution in [0.25, 0.3) is 0 Å². The molecular weight excluding hydrogens is 292 g/mol. The number of aliphatic carboxylic acids is 2. The van der Waals surface area contributed by atoms with Crippen molar-refractivity contribution in [3.63, 3.8) is 0 Å². The van der Waals surface area contributed by atoms with Crippen molar-refractivity contribution in [2.45, 2.75) is 32.6 Å². The summed E-state index contributed by atoms with van der Waals surface area (Å²) in [6, 6.07) is 5.99. The molecule has 0 unspecified atom stereocenters. The molecule has 7 heteroatoms. The molecule has 1 rings (SSSR count). The summed E-state index contributed by atoms with van der Waals surface area (Å²) in [7, 11) is 0. The summed E-state index contributed by atoms with van der Waals surface area (Å²) < 4.78 is 4.90. The first-order valence-corrected chi connectivity index (χ1v) is 6.76. The highest BCUT2D eigenvalue weighted by molar-refractivity contribution is 5.89. The Morgan fingerprint density at radius 2 is 1.50 bits per heavy atom. The summed E-state index contributed by atoms with van der Waals surface area (Å²) in [5.74, 6) is -2.10. The minimum absolute atomic E-state index is 0.0632. The largest absolute Gasteiger partial charge is 0.508 e. The molecule has 0 aliphatic carbocycles. The molecule has 0 spiro atoms. The second kappa shape index (κ2) is 11.1. The van der Waals surface area contributed by atoms with Gasteiger partial charge in [0.25, 0.3) is 0 Å². The van der Waals surface area contributed by atoms with Gasteiger partial charge < -0.3 is 20.1 Å². The van der Waals surface area contributed by atoms with E-state index < -0.39 is 11.9 Å². The Bertz CT molecular complexity index is 465. The number of hydrogen-bond donors (Lipinski definition) is 3. The third-order valence-electron chi connectivity index (χ3n) is 2.32. The van der Waals surface area contributed by atoms with E-state index in [4.69, 9.17) is 20.1 Å². The maximum absolute atomic E-state index is 11.2. The molecule has 7 nitrogen and oxygen atoms in total. The highest BCUT2D eigenvalue weighted by Crippen LogP contribution is 2.10. The Balaban J connectivity index is 0.000000433. The van der Waals surface area contributed by atoms with Crippen molar-refractivity contribution in [2.24, 2.45) is 0 Å². The van der Waals surface area contributed by atoms with Crippen LogP contribution in [0.4, 0.5) is 0 Å². The third kappa shape index (κ3) is 10.2. The smallest absolute Gasteiger partial charge is 0.338 e. The quantitative estimate of drug-likeness (QED) is 0.660. The van der Waals surface area contributed by atoms with E-state index in [1.807, 2.05) is 6.92 Å². The second-order valence-corrected chi connectivity index (χ2v) is 4.32. The van der Waals surface area contributed by atoms with Crippen LogP contribution in [0.2, 0.25) is 0 Å². The first-order chi connectivity index (χ1) is 10.4. The molecule has 0 aliphatic rings. The van der Waals surface area contributed by atoms with Gasteiger partial charge in [0.2, 0.25) is 0 Å². The van der Waals surface area contributed by atoms with Crippen molar-refractivity contribution >= 4 is 17.9 Å². The van der Waals surface area contributed by atoms with Crippen molar-refractivity contribution in [2.75, 3.05) is 6.61 Å². The number of carboxylic acids is 2. The van der Waals surface area contributed by atoms with Gasteiger partial charge in [0.05, 0.1) is 12.2 Å². The molecule has 0 amide bonds. The Hall–Kier alpha value is -2.57. The molecular formula is C15H20O7. The zero-order chi connectivity index (χ0) is 17.0. The van der Waals surface area contributed by atoms with Crippen molar-refractivity contribution < 1.29 is 34.4 Å². The lowest BCUT2D eigenvalue weighted by Gasteiger charge is -2.02. The summed E-state index contributed by atoms with van der Waals surface area (Å²) in [5.41, 5.74) is 0.464. The standard InChI is InChI=1S/C10H12O3.C5H8O4/c1-2-7-13-10(12)8-3-5-9(11)6-4-8;6-4(7)2-1-3-5(8)9/h3-6,11H,2,7H2,1H3;1-3H2,(H,6,7)(H,8,9). The number of benzene rings is 1. The van der Waals surface area contributed by atoms with Crippen molar-refractivity contribution in [1.29, 1.82) is 0 Å². The summed E-state index contributed by atoms with van der Waals surface area (Å²) in [5, 5.41) is 25.0. The SMILES string of the molecule is CCCOC(=O)c1ccc(O)cc1.O=C(O)CCCC(=O)O. The molecule has 0 fully saturated rings. The number of carbonyl (C=O) groups excluding carboxylic acids is 1. The molecule has 122 valence electrons. The number of phenolic OH excluding ortho intramolecular Hbond substituents is 1. The molecule has 0 radical (unpaired) electrons. The summed E-state index contributed by atoms with van der Waals surface area (Å²) >= 11 is 0. The molecule has 0 aromatic heterocycles. The normalized spacial score (nSPS) is 9.32. The van der Waals surface area contributed by atoms with Crippen LogP contribution in [-0.2, 0) is 14.3 Å². The van der Waals surface area contributed by atoms with Crippen LogP contribution in [0.1, 0.15) is 43.0 Å². The first kappa shape index (κ1) is 19.4. The summed E-state index contributed by atoms with van der Waals surface area (Å²) in [6.45, 7) is 2.36. The van der Waals surface area contributed by atoms with Crippen LogP contribution < -0.4 is 0 Å². The lowest BCUT2D eigenvalue weighted by molar-refractivity contribution is -0.138. The molecule has 22 heavy (non-hydrogen) atoms. The van der Waals surface area contributed by atoms with Gasteiger partial charge in [0, 0.05) is 12.8 Å². The summed E-state index contributed by atoms with van der Waals surface area (Å²) in [4.78, 5) is 30.8. The molecule has 1 aromatic rings. The van der Waals surface area contributed by atoms with Crippen molar-refractivity contribution in [3.8, 4) is 5.75 Å². The van der Waals surface area contributed by atoms with E-state index >= 15 is 0 Å². The van der Waals surface area contributed by atoms with Crippen molar-refractivity contribution in [1.82, 2.24) is 0 Å². The topological polar surface area (TPSA) is 121 Å². The molecule has 0 bridgehead atoms. The molecule has 0 aliphatic heterocycles. The van der Waals surface area contributed by atoms with E-state index in [0.29, 0.717) is 12.2 Å². The molecule has 0 atom stereocenters. The van der Waals surface area contributed by atoms with E-state index in [1.165, 1.54) is 24.3 Å². The predicted molar refractivity (Wildman–Crippen MR) is 77.8 cm³/mol. The minimum atomic E-state index is -0.948. The fourth-order valence-corrected chi connectivity index (χ4v) is 1.27. The molecule has 0 heterocycles. The van der Waals surface area contributed by atoms with E-state index in [0.717, 1.165) is 6.42 Å². The Morgan fingerprint density at radius 3 is 1.91 bits per heavy atom. The van der Waals surface area contributed by atoms with Crippen LogP contribution in [0.15, 0.2) is 24.3 Å². The molecule has 0 saturated carbocycles. The number of carbonyl (C=O) groups is 3. The van der Waals surface area contributed by atoms with Gasteiger partial charge in [-0.15, -0.1) is 0 Å². The maximum Gasteiger partial charge on any atom is 0.338 e. The lowest BCUT2D eigenvalue weighted by Crippen LogP contribution is -2.05. The van der Waals surface area contributed by atoms with Gasteiger partial charge in [0.15, 0.2) is 0 Å².